The van der Waals surface area contributed by atoms with E-state index in [0.717, 1.165) is 16.9 Å². The summed E-state index contributed by atoms with van der Waals surface area (Å²) in [4.78, 5) is 16.8. The average molecular weight is 451 g/mol. The Balaban J connectivity index is 1.85. The molecule has 0 saturated carbocycles. The van der Waals surface area contributed by atoms with Crippen LogP contribution in [-0.2, 0) is 6.18 Å². The molecule has 10 heteroatoms. The largest absolute Gasteiger partial charge is 0.417 e. The first kappa shape index (κ1) is 20.2. The third-order valence-corrected chi connectivity index (χ3v) is 4.81. The number of carbonyl (C=O) groups excluding carboxylic acids is 1. The number of rotatable bonds is 2. The summed E-state index contributed by atoms with van der Waals surface area (Å²) in [6, 6.07) is 13.2. The molecular weight excluding hydrogens is 440 g/mol. The summed E-state index contributed by atoms with van der Waals surface area (Å²) in [5.74, 6) is 0. The summed E-state index contributed by atoms with van der Waals surface area (Å²) in [6.07, 6.45) is -3.91. The molecule has 0 unspecified atom stereocenters. The maximum Gasteiger partial charge on any atom is 0.417 e. The maximum atomic E-state index is 13.2. The smallest absolute Gasteiger partial charge is 0.305 e. The van der Waals surface area contributed by atoms with E-state index in [1.807, 2.05) is 0 Å². The van der Waals surface area contributed by atoms with Crippen LogP contribution in [0.1, 0.15) is 5.56 Å². The molecule has 152 valence electrons. The lowest BCUT2D eigenvalue weighted by molar-refractivity contribution is -0.137. The first-order chi connectivity index (χ1) is 14.2. The van der Waals surface area contributed by atoms with Gasteiger partial charge in [0.2, 0.25) is 0 Å². The second kappa shape index (κ2) is 7.62. The van der Waals surface area contributed by atoms with Gasteiger partial charge in [-0.15, -0.1) is 0 Å². The van der Waals surface area contributed by atoms with E-state index in [9.17, 15) is 18.0 Å². The lowest BCUT2D eigenvalue weighted by Crippen LogP contribution is -2.21. The Morgan fingerprint density at radius 1 is 1.03 bits per heavy atom. The molecule has 30 heavy (non-hydrogen) atoms. The van der Waals surface area contributed by atoms with Crippen LogP contribution in [0.4, 0.5) is 23.7 Å². The number of alkyl halides is 3. The fraction of sp³-hybridized carbons (Fsp3) is 0.0500. The van der Waals surface area contributed by atoms with Crippen LogP contribution in [0, 0.1) is 0 Å². The van der Waals surface area contributed by atoms with Crippen LogP contribution in [0.25, 0.3) is 22.3 Å². The Labute approximate surface area is 178 Å². The van der Waals surface area contributed by atoms with Crippen LogP contribution in [-0.4, -0.2) is 20.8 Å². The van der Waals surface area contributed by atoms with E-state index >= 15 is 0 Å². The average Bonchev–Trinajstić information content (AvgIpc) is 3.09. The second-order valence-electron chi connectivity index (χ2n) is 6.27. The number of fused-ring (bicyclic) bond motifs is 1. The molecule has 2 aromatic heterocycles. The topological polar surface area (TPSA) is 59.8 Å². The third kappa shape index (κ3) is 3.83. The molecular formula is C20H11Cl2F3N4O. The van der Waals surface area contributed by atoms with E-state index in [0.29, 0.717) is 10.6 Å². The van der Waals surface area contributed by atoms with Crippen molar-refractivity contribution in [3.05, 3.63) is 76.4 Å². The molecule has 0 saturated heterocycles. The van der Waals surface area contributed by atoms with Crippen LogP contribution in [0.2, 0.25) is 10.0 Å². The fourth-order valence-electron chi connectivity index (χ4n) is 2.86. The number of anilines is 1. The van der Waals surface area contributed by atoms with Crippen molar-refractivity contribution in [3.8, 4) is 11.3 Å². The van der Waals surface area contributed by atoms with Gasteiger partial charge in [-0.3, -0.25) is 4.98 Å². The van der Waals surface area contributed by atoms with E-state index in [4.69, 9.17) is 23.2 Å². The Bertz CT molecular complexity index is 1260. The van der Waals surface area contributed by atoms with Crippen molar-refractivity contribution >= 4 is 46.0 Å². The van der Waals surface area contributed by atoms with Crippen LogP contribution in [0.5, 0.6) is 0 Å². The molecule has 1 amide bonds. The first-order valence-corrected chi connectivity index (χ1v) is 9.27. The molecule has 0 bridgehead atoms. The zero-order chi connectivity index (χ0) is 21.5. The molecule has 0 aliphatic carbocycles. The first-order valence-electron chi connectivity index (χ1n) is 8.52. The molecule has 0 radical (unpaired) electrons. The monoisotopic (exact) mass is 450 g/mol. The number of halogens is 5. The number of nitrogens with one attached hydrogen (secondary N) is 1. The highest BCUT2D eigenvalue weighted by molar-refractivity contribution is 6.36. The number of hydrogen-bond acceptors (Lipinski definition) is 3. The summed E-state index contributed by atoms with van der Waals surface area (Å²) >= 11 is 11.9. The van der Waals surface area contributed by atoms with Crippen molar-refractivity contribution in [2.24, 2.45) is 0 Å². The van der Waals surface area contributed by atoms with Crippen molar-refractivity contribution < 1.29 is 18.0 Å². The van der Waals surface area contributed by atoms with Crippen LogP contribution in [0.3, 0.4) is 0 Å². The summed E-state index contributed by atoms with van der Waals surface area (Å²) in [5.41, 5.74) is 0.185. The summed E-state index contributed by atoms with van der Waals surface area (Å²) < 4.78 is 40.5. The lowest BCUT2D eigenvalue weighted by atomic mass is 10.1. The van der Waals surface area contributed by atoms with Crippen molar-refractivity contribution in [1.82, 2.24) is 14.8 Å². The number of aromatic nitrogens is 3. The van der Waals surface area contributed by atoms with E-state index in [1.54, 1.807) is 30.3 Å². The van der Waals surface area contributed by atoms with Crippen LogP contribution >= 0.6 is 23.2 Å². The highest BCUT2D eigenvalue weighted by Gasteiger charge is 2.32. The van der Waals surface area contributed by atoms with Crippen molar-refractivity contribution in [2.75, 3.05) is 5.32 Å². The van der Waals surface area contributed by atoms with Gasteiger partial charge in [0.25, 0.3) is 0 Å². The van der Waals surface area contributed by atoms with Gasteiger partial charge >= 0.3 is 12.2 Å². The molecule has 0 fully saturated rings. The summed E-state index contributed by atoms with van der Waals surface area (Å²) in [5, 5.41) is 7.30. The van der Waals surface area contributed by atoms with Crippen LogP contribution in [0.15, 0.2) is 60.8 Å². The molecule has 0 aliphatic rings. The quantitative estimate of drug-likeness (QED) is 0.378. The predicted octanol–water partition coefficient (Wildman–Crippen LogP) is 6.50. The molecule has 4 aromatic rings. The predicted molar refractivity (Wildman–Crippen MR) is 109 cm³/mol. The molecule has 4 rings (SSSR count). The van der Waals surface area contributed by atoms with Crippen molar-refractivity contribution in [2.45, 2.75) is 6.18 Å². The van der Waals surface area contributed by atoms with Gasteiger partial charge < -0.3 is 5.32 Å². The molecule has 0 aliphatic heterocycles. The number of benzene rings is 2. The summed E-state index contributed by atoms with van der Waals surface area (Å²) in [6.45, 7) is 0. The van der Waals surface area contributed by atoms with Gasteiger partial charge in [-0.05, 0) is 24.3 Å². The SMILES string of the molecule is O=C(Nc1ccc(Cl)cc1Cl)n1nc(-c2ccccc2)c2ncc(C(F)(F)F)cc21. The fourth-order valence-corrected chi connectivity index (χ4v) is 3.31. The van der Waals surface area contributed by atoms with Gasteiger partial charge in [0, 0.05) is 16.8 Å². The molecule has 0 atom stereocenters. The number of pyridine rings is 1. The molecule has 0 spiro atoms. The summed E-state index contributed by atoms with van der Waals surface area (Å²) in [7, 11) is 0. The van der Waals surface area contributed by atoms with Gasteiger partial charge in [-0.1, -0.05) is 53.5 Å². The normalized spacial score (nSPS) is 11.6. The molecule has 1 N–H and O–H groups in total. The Hall–Kier alpha value is -3.10. The molecule has 2 aromatic carbocycles. The standard InChI is InChI=1S/C20H11Cl2F3N4O/c21-13-6-7-15(14(22)9-13)27-19(30)29-16-8-12(20(23,24)25)10-26-18(16)17(28-29)11-4-2-1-3-5-11/h1-10H,(H,27,30). The van der Waals surface area contributed by atoms with Gasteiger partial charge in [0.15, 0.2) is 0 Å². The minimum Gasteiger partial charge on any atom is -0.305 e. The Morgan fingerprint density at radius 3 is 2.43 bits per heavy atom. The van der Waals surface area contributed by atoms with Gasteiger partial charge in [0.05, 0.1) is 21.8 Å². The Kier molecular flexibility index (Phi) is 5.13. The minimum atomic E-state index is -4.63. The van der Waals surface area contributed by atoms with Gasteiger partial charge in [-0.2, -0.15) is 23.0 Å². The van der Waals surface area contributed by atoms with E-state index in [-0.39, 0.29) is 27.4 Å². The van der Waals surface area contributed by atoms with Crippen LogP contribution < -0.4 is 5.32 Å². The number of nitrogens with zero attached hydrogens (tertiary/aromatic N) is 3. The van der Waals surface area contributed by atoms with Crippen molar-refractivity contribution in [3.63, 3.8) is 0 Å². The third-order valence-electron chi connectivity index (χ3n) is 4.26. The van der Waals surface area contributed by atoms with Gasteiger partial charge in [0.1, 0.15) is 11.2 Å². The van der Waals surface area contributed by atoms with Crippen molar-refractivity contribution in [1.29, 1.82) is 0 Å². The highest BCUT2D eigenvalue weighted by Crippen LogP contribution is 2.33. The van der Waals surface area contributed by atoms with E-state index in [2.05, 4.69) is 15.4 Å². The highest BCUT2D eigenvalue weighted by atomic mass is 35.5. The zero-order valence-electron chi connectivity index (χ0n) is 14.9. The zero-order valence-corrected chi connectivity index (χ0v) is 16.4. The Morgan fingerprint density at radius 2 is 1.77 bits per heavy atom. The number of carbonyl (C=O) groups is 1. The minimum absolute atomic E-state index is 0.0914. The maximum absolute atomic E-state index is 13.2. The second-order valence-corrected chi connectivity index (χ2v) is 7.11. The lowest BCUT2D eigenvalue weighted by Gasteiger charge is -2.09. The molecule has 2 heterocycles. The number of hydrogen-bond donors (Lipinski definition) is 1. The molecule has 5 nitrogen and oxygen atoms in total. The van der Waals surface area contributed by atoms with E-state index in [1.165, 1.54) is 18.2 Å². The van der Waals surface area contributed by atoms with E-state index < -0.39 is 17.8 Å². The van der Waals surface area contributed by atoms with Gasteiger partial charge in [-0.25, -0.2) is 4.79 Å². The number of amides is 1.